The third-order valence-corrected chi connectivity index (χ3v) is 4.18. The van der Waals surface area contributed by atoms with Crippen molar-refractivity contribution < 1.29 is 44.3 Å². The first-order valence-corrected chi connectivity index (χ1v) is 7.49. The molecular weight excluding hydrogens is 344 g/mol. The Labute approximate surface area is 123 Å². The van der Waals surface area contributed by atoms with Crippen LogP contribution in [0, 0.1) is 5.92 Å². The van der Waals surface area contributed by atoms with Crippen molar-refractivity contribution in [2.45, 2.75) is 37.9 Å². The van der Waals surface area contributed by atoms with Gasteiger partial charge in [0.15, 0.2) is 0 Å². The van der Waals surface area contributed by atoms with Crippen molar-refractivity contribution in [1.29, 1.82) is 0 Å². The van der Waals surface area contributed by atoms with Crippen molar-refractivity contribution in [1.82, 2.24) is 4.72 Å². The van der Waals surface area contributed by atoms with Crippen LogP contribution < -0.4 is 4.72 Å². The highest BCUT2D eigenvalue weighted by Gasteiger charge is 2.70. The van der Waals surface area contributed by atoms with Gasteiger partial charge in [-0.15, -0.1) is 0 Å². The number of rotatable bonds is 9. The van der Waals surface area contributed by atoms with Gasteiger partial charge in [-0.05, 0) is 6.42 Å². The number of halogens is 6. The second-order valence-electron chi connectivity index (χ2n) is 4.32. The van der Waals surface area contributed by atoms with Crippen LogP contribution in [0.2, 0.25) is 0 Å². The van der Waals surface area contributed by atoms with Crippen LogP contribution in [0.4, 0.5) is 26.3 Å². The summed E-state index contributed by atoms with van der Waals surface area (Å²) in [6.45, 7) is 1.48. The molecule has 0 spiro atoms. The van der Waals surface area contributed by atoms with E-state index in [1.165, 1.54) is 6.92 Å². The average molecular weight is 359 g/mol. The molecule has 12 heteroatoms. The van der Waals surface area contributed by atoms with Gasteiger partial charge in [0.05, 0.1) is 5.92 Å². The number of nitrogens with one attached hydrogen (secondary N) is 1. The van der Waals surface area contributed by atoms with Crippen molar-refractivity contribution in [3.63, 3.8) is 0 Å². The molecule has 0 aliphatic rings. The molecule has 0 aliphatic carbocycles. The Bertz CT molecular complexity index is 482. The highest BCUT2D eigenvalue weighted by Crippen LogP contribution is 2.42. The zero-order chi connectivity index (χ0) is 17.8. The van der Waals surface area contributed by atoms with Gasteiger partial charge in [-0.1, -0.05) is 13.8 Å². The molecule has 0 saturated heterocycles. The quantitative estimate of drug-likeness (QED) is 0.388. The van der Waals surface area contributed by atoms with Crippen molar-refractivity contribution in [2.24, 2.45) is 5.92 Å². The third kappa shape index (κ3) is 4.48. The number of alkyl halides is 6. The van der Waals surface area contributed by atoms with Gasteiger partial charge < -0.3 is 4.74 Å². The predicted molar refractivity (Wildman–Crippen MR) is 63.2 cm³/mol. The van der Waals surface area contributed by atoms with Gasteiger partial charge in [0, 0.05) is 6.54 Å². The fourth-order valence-corrected chi connectivity index (χ4v) is 2.01. The second kappa shape index (κ2) is 7.49. The van der Waals surface area contributed by atoms with Gasteiger partial charge in [0.1, 0.15) is 6.61 Å². The number of carbonyl (C=O) groups is 1. The molecule has 1 N–H and O–H groups in total. The first-order chi connectivity index (χ1) is 9.81. The number of sulfonamides is 1. The first kappa shape index (κ1) is 21.0. The minimum absolute atomic E-state index is 0.406. The summed E-state index contributed by atoms with van der Waals surface area (Å²) in [6, 6.07) is 0. The van der Waals surface area contributed by atoms with E-state index in [4.69, 9.17) is 0 Å². The van der Waals surface area contributed by atoms with Gasteiger partial charge in [0.25, 0.3) is 10.0 Å². The molecule has 1 unspecified atom stereocenters. The van der Waals surface area contributed by atoms with E-state index in [0.29, 0.717) is 6.42 Å². The van der Waals surface area contributed by atoms with Crippen molar-refractivity contribution >= 4 is 16.0 Å². The van der Waals surface area contributed by atoms with Crippen molar-refractivity contribution in [2.75, 3.05) is 13.2 Å². The Hall–Kier alpha value is -1.04. The van der Waals surface area contributed by atoms with E-state index in [-0.39, 0.29) is 0 Å². The lowest BCUT2D eigenvalue weighted by Gasteiger charge is -2.25. The Morgan fingerprint density at radius 3 is 2.14 bits per heavy atom. The summed E-state index contributed by atoms with van der Waals surface area (Å²) in [5.41, 5.74) is 0. The van der Waals surface area contributed by atoms with Crippen LogP contribution in [0.3, 0.4) is 0 Å². The maximum Gasteiger partial charge on any atom is 0.426 e. The summed E-state index contributed by atoms with van der Waals surface area (Å²) in [4.78, 5) is 11.2. The van der Waals surface area contributed by atoms with Crippen LogP contribution >= 0.6 is 0 Å². The van der Waals surface area contributed by atoms with E-state index in [9.17, 15) is 39.6 Å². The lowest BCUT2D eigenvalue weighted by molar-refractivity contribution is -0.225. The van der Waals surface area contributed by atoms with Gasteiger partial charge in [-0.2, -0.15) is 17.6 Å². The Morgan fingerprint density at radius 1 is 1.23 bits per heavy atom. The normalized spacial score (nSPS) is 15.0. The van der Waals surface area contributed by atoms with E-state index in [1.54, 1.807) is 6.92 Å². The van der Waals surface area contributed by atoms with Gasteiger partial charge in [-0.3, -0.25) is 4.79 Å². The highest BCUT2D eigenvalue weighted by atomic mass is 32.2. The number of hydrogen-bond acceptors (Lipinski definition) is 4. The Balaban J connectivity index is 4.69. The molecule has 0 aromatic carbocycles. The second-order valence-corrected chi connectivity index (χ2v) is 6.12. The third-order valence-electron chi connectivity index (χ3n) is 2.65. The predicted octanol–water partition coefficient (Wildman–Crippen LogP) is 1.99. The standard InChI is InChI=1S/C10H15F6NO4S/c1-3-6(2)7(18)21-5-4-17-22(19,20)10(15,16)9(13,14)8(11)12/h6,8,17H,3-5H2,1-2H3. The molecular formula is C10H15F6NO4S. The number of esters is 1. The van der Waals surface area contributed by atoms with Crippen molar-refractivity contribution in [3.8, 4) is 0 Å². The molecule has 132 valence electrons. The molecule has 1 atom stereocenters. The van der Waals surface area contributed by atoms with Crippen molar-refractivity contribution in [3.05, 3.63) is 0 Å². The van der Waals surface area contributed by atoms with Crippen LogP contribution in [0.1, 0.15) is 20.3 Å². The number of carbonyl (C=O) groups excluding carboxylic acids is 1. The van der Waals surface area contributed by atoms with Crippen LogP contribution in [-0.2, 0) is 19.6 Å². The minimum atomic E-state index is -6.09. The lowest BCUT2D eigenvalue weighted by atomic mass is 10.1. The summed E-state index contributed by atoms with van der Waals surface area (Å²) in [7, 11) is -6.09. The molecule has 0 heterocycles. The molecule has 0 aromatic rings. The summed E-state index contributed by atoms with van der Waals surface area (Å²) >= 11 is 0. The maximum atomic E-state index is 13.0. The monoisotopic (exact) mass is 359 g/mol. The zero-order valence-electron chi connectivity index (χ0n) is 11.6. The molecule has 0 rings (SSSR count). The van der Waals surface area contributed by atoms with Gasteiger partial charge in [0.2, 0.25) is 0 Å². The lowest BCUT2D eigenvalue weighted by Crippen LogP contribution is -2.55. The average Bonchev–Trinajstić information content (AvgIpc) is 2.41. The van der Waals surface area contributed by atoms with Gasteiger partial charge >= 0.3 is 23.6 Å². The summed E-state index contributed by atoms with van der Waals surface area (Å²) < 4.78 is 103. The molecule has 0 aromatic heterocycles. The summed E-state index contributed by atoms with van der Waals surface area (Å²) in [5.74, 6) is -7.33. The largest absolute Gasteiger partial charge is 0.464 e. The molecule has 0 amide bonds. The van der Waals surface area contributed by atoms with E-state index in [1.807, 2.05) is 0 Å². The molecule has 0 saturated carbocycles. The van der Waals surface area contributed by atoms with Gasteiger partial charge in [-0.25, -0.2) is 21.9 Å². The molecule has 0 bridgehead atoms. The molecule has 0 aliphatic heterocycles. The van der Waals surface area contributed by atoms with Crippen LogP contribution in [0.15, 0.2) is 0 Å². The minimum Gasteiger partial charge on any atom is -0.464 e. The highest BCUT2D eigenvalue weighted by molar-refractivity contribution is 7.90. The van der Waals surface area contributed by atoms with E-state index in [0.717, 1.165) is 4.72 Å². The van der Waals surface area contributed by atoms with Crippen LogP contribution in [0.5, 0.6) is 0 Å². The fraction of sp³-hybridized carbons (Fsp3) is 0.900. The Morgan fingerprint density at radius 2 is 1.73 bits per heavy atom. The molecule has 22 heavy (non-hydrogen) atoms. The van der Waals surface area contributed by atoms with E-state index in [2.05, 4.69) is 4.74 Å². The van der Waals surface area contributed by atoms with E-state index < -0.39 is 52.7 Å². The topological polar surface area (TPSA) is 72.5 Å². The fourth-order valence-electron chi connectivity index (χ4n) is 1.03. The first-order valence-electron chi connectivity index (χ1n) is 6.00. The summed E-state index contributed by atoms with van der Waals surface area (Å²) in [6.07, 6.45) is -4.47. The maximum absolute atomic E-state index is 13.0. The SMILES string of the molecule is CCC(C)C(=O)OCCNS(=O)(=O)C(F)(F)C(F)(F)C(F)F. The van der Waals surface area contributed by atoms with Crippen LogP contribution in [0.25, 0.3) is 0 Å². The Kier molecular flexibility index (Phi) is 7.13. The van der Waals surface area contributed by atoms with Crippen LogP contribution in [-0.4, -0.2) is 45.1 Å². The van der Waals surface area contributed by atoms with E-state index >= 15 is 0 Å². The molecule has 0 radical (unpaired) electrons. The number of ether oxygens (including phenoxy) is 1. The number of hydrogen-bond donors (Lipinski definition) is 1. The summed E-state index contributed by atoms with van der Waals surface area (Å²) in [5, 5.41) is -6.02. The molecule has 5 nitrogen and oxygen atoms in total. The smallest absolute Gasteiger partial charge is 0.426 e. The zero-order valence-corrected chi connectivity index (χ0v) is 12.4. The molecule has 0 fully saturated rings.